The van der Waals surface area contributed by atoms with E-state index in [4.69, 9.17) is 5.73 Å². The van der Waals surface area contributed by atoms with E-state index in [1.165, 1.54) is 5.56 Å². The average Bonchev–Trinajstić information content (AvgIpc) is 2.85. The largest absolute Gasteiger partial charge is 0.354 e. The Bertz CT molecular complexity index is 402. The summed E-state index contributed by atoms with van der Waals surface area (Å²) in [6.07, 6.45) is 3.77. The van der Waals surface area contributed by atoms with Crippen molar-refractivity contribution < 1.29 is 4.79 Å². The molecular formula is C15H23ClN2O. The second kappa shape index (κ2) is 6.92. The van der Waals surface area contributed by atoms with Gasteiger partial charge in [0.1, 0.15) is 0 Å². The van der Waals surface area contributed by atoms with Crippen LogP contribution >= 0.6 is 12.4 Å². The number of amides is 1. The van der Waals surface area contributed by atoms with Crippen LogP contribution in [0.5, 0.6) is 0 Å². The SMILES string of the molecule is CC(CNC(=O)C1(N)CCCC1)c1ccccc1.Cl. The van der Waals surface area contributed by atoms with Gasteiger partial charge in [-0.05, 0) is 24.3 Å². The number of rotatable bonds is 4. The number of carbonyl (C=O) groups is 1. The normalized spacial score (nSPS) is 18.4. The fraction of sp³-hybridized carbons (Fsp3) is 0.533. The van der Waals surface area contributed by atoms with Crippen molar-refractivity contribution in [2.45, 2.75) is 44.1 Å². The first kappa shape index (κ1) is 16.0. The molecule has 0 spiro atoms. The predicted octanol–water partition coefficient (Wildman–Crippen LogP) is 2.60. The zero-order chi connectivity index (χ0) is 13.0. The molecule has 106 valence electrons. The lowest BCUT2D eigenvalue weighted by Crippen LogP contribution is -2.52. The summed E-state index contributed by atoms with van der Waals surface area (Å²) >= 11 is 0. The summed E-state index contributed by atoms with van der Waals surface area (Å²) in [5.74, 6) is 0.336. The summed E-state index contributed by atoms with van der Waals surface area (Å²) in [5.41, 5.74) is 6.75. The van der Waals surface area contributed by atoms with Gasteiger partial charge >= 0.3 is 0 Å². The Morgan fingerprint density at radius 2 is 1.89 bits per heavy atom. The number of hydrogen-bond donors (Lipinski definition) is 2. The Hall–Kier alpha value is -1.06. The molecule has 0 radical (unpaired) electrons. The first-order valence-electron chi connectivity index (χ1n) is 6.74. The van der Waals surface area contributed by atoms with Gasteiger partial charge in [0, 0.05) is 6.54 Å². The third-order valence-electron chi connectivity index (χ3n) is 3.89. The minimum atomic E-state index is -0.615. The highest BCUT2D eigenvalue weighted by Gasteiger charge is 2.36. The highest BCUT2D eigenvalue weighted by molar-refractivity contribution is 5.86. The topological polar surface area (TPSA) is 55.1 Å². The summed E-state index contributed by atoms with van der Waals surface area (Å²) in [5, 5.41) is 3.00. The van der Waals surface area contributed by atoms with E-state index < -0.39 is 5.54 Å². The van der Waals surface area contributed by atoms with E-state index >= 15 is 0 Å². The highest BCUT2D eigenvalue weighted by atomic mass is 35.5. The molecule has 1 saturated carbocycles. The van der Waals surface area contributed by atoms with E-state index in [2.05, 4.69) is 24.4 Å². The minimum Gasteiger partial charge on any atom is -0.354 e. The van der Waals surface area contributed by atoms with E-state index in [0.29, 0.717) is 12.5 Å². The Labute approximate surface area is 121 Å². The van der Waals surface area contributed by atoms with Crippen molar-refractivity contribution in [3.05, 3.63) is 35.9 Å². The van der Waals surface area contributed by atoms with Gasteiger partial charge in [-0.15, -0.1) is 12.4 Å². The van der Waals surface area contributed by atoms with Crippen LogP contribution in [0.15, 0.2) is 30.3 Å². The van der Waals surface area contributed by atoms with Crippen LogP contribution in [0.2, 0.25) is 0 Å². The molecule has 2 rings (SSSR count). The number of halogens is 1. The molecule has 1 fully saturated rings. The summed E-state index contributed by atoms with van der Waals surface area (Å²) in [4.78, 5) is 12.1. The number of hydrogen-bond acceptors (Lipinski definition) is 2. The van der Waals surface area contributed by atoms with Crippen LogP contribution in [0.4, 0.5) is 0 Å². The second-order valence-corrected chi connectivity index (χ2v) is 5.39. The number of nitrogens with two attached hydrogens (primary N) is 1. The van der Waals surface area contributed by atoms with Crippen LogP contribution in [-0.4, -0.2) is 18.0 Å². The Morgan fingerprint density at radius 1 is 1.32 bits per heavy atom. The molecule has 19 heavy (non-hydrogen) atoms. The summed E-state index contributed by atoms with van der Waals surface area (Å²) < 4.78 is 0. The van der Waals surface area contributed by atoms with Crippen molar-refractivity contribution in [1.29, 1.82) is 0 Å². The highest BCUT2D eigenvalue weighted by Crippen LogP contribution is 2.27. The maximum atomic E-state index is 12.1. The van der Waals surface area contributed by atoms with E-state index in [9.17, 15) is 4.79 Å². The number of benzene rings is 1. The van der Waals surface area contributed by atoms with E-state index in [1.807, 2.05) is 18.2 Å². The van der Waals surface area contributed by atoms with Gasteiger partial charge in [-0.3, -0.25) is 4.79 Å². The predicted molar refractivity (Wildman–Crippen MR) is 80.5 cm³/mol. The Balaban J connectivity index is 0.00000180. The van der Waals surface area contributed by atoms with Crippen molar-refractivity contribution in [2.24, 2.45) is 5.73 Å². The zero-order valence-corrected chi connectivity index (χ0v) is 12.2. The van der Waals surface area contributed by atoms with Gasteiger partial charge in [-0.1, -0.05) is 50.1 Å². The number of nitrogens with one attached hydrogen (secondary N) is 1. The van der Waals surface area contributed by atoms with Crippen LogP contribution in [0.1, 0.15) is 44.1 Å². The van der Waals surface area contributed by atoms with Crippen molar-refractivity contribution >= 4 is 18.3 Å². The molecule has 1 aliphatic carbocycles. The van der Waals surface area contributed by atoms with Crippen LogP contribution < -0.4 is 11.1 Å². The molecule has 4 heteroatoms. The smallest absolute Gasteiger partial charge is 0.240 e. The summed E-state index contributed by atoms with van der Waals surface area (Å²) in [6.45, 7) is 2.77. The molecule has 0 heterocycles. The van der Waals surface area contributed by atoms with Gasteiger partial charge in [-0.2, -0.15) is 0 Å². The monoisotopic (exact) mass is 282 g/mol. The maximum Gasteiger partial charge on any atom is 0.240 e. The second-order valence-electron chi connectivity index (χ2n) is 5.39. The van der Waals surface area contributed by atoms with Crippen molar-refractivity contribution in [3.63, 3.8) is 0 Å². The lowest BCUT2D eigenvalue weighted by atomic mass is 9.97. The fourth-order valence-corrected chi connectivity index (χ4v) is 2.55. The van der Waals surface area contributed by atoms with E-state index in [0.717, 1.165) is 25.7 Å². The maximum absolute atomic E-state index is 12.1. The van der Waals surface area contributed by atoms with Gasteiger partial charge in [-0.25, -0.2) is 0 Å². The first-order valence-corrected chi connectivity index (χ1v) is 6.74. The van der Waals surface area contributed by atoms with Crippen molar-refractivity contribution in [1.82, 2.24) is 5.32 Å². The van der Waals surface area contributed by atoms with Gasteiger partial charge in [0.05, 0.1) is 5.54 Å². The lowest BCUT2D eigenvalue weighted by Gasteiger charge is -2.23. The molecule has 1 aromatic carbocycles. The molecule has 0 aromatic heterocycles. The molecule has 3 N–H and O–H groups in total. The third kappa shape index (κ3) is 3.95. The fourth-order valence-electron chi connectivity index (χ4n) is 2.55. The van der Waals surface area contributed by atoms with E-state index in [-0.39, 0.29) is 18.3 Å². The van der Waals surface area contributed by atoms with Gasteiger partial charge in [0.2, 0.25) is 5.91 Å². The molecular weight excluding hydrogens is 260 g/mol. The molecule has 1 unspecified atom stereocenters. The molecule has 1 aromatic rings. The van der Waals surface area contributed by atoms with Crippen LogP contribution in [-0.2, 0) is 4.79 Å². The molecule has 0 bridgehead atoms. The van der Waals surface area contributed by atoms with E-state index in [1.54, 1.807) is 0 Å². The molecule has 0 aliphatic heterocycles. The first-order chi connectivity index (χ1) is 8.62. The molecule has 3 nitrogen and oxygen atoms in total. The van der Waals surface area contributed by atoms with Crippen LogP contribution in [0, 0.1) is 0 Å². The number of carbonyl (C=O) groups excluding carboxylic acids is 1. The van der Waals surface area contributed by atoms with Crippen LogP contribution in [0.25, 0.3) is 0 Å². The standard InChI is InChI=1S/C15H22N2O.ClH/c1-12(13-7-3-2-4-8-13)11-17-14(18)15(16)9-5-6-10-15;/h2-4,7-8,12H,5-6,9-11,16H2,1H3,(H,17,18);1H. The molecule has 0 saturated heterocycles. The van der Waals surface area contributed by atoms with Gasteiger partial charge < -0.3 is 11.1 Å². The lowest BCUT2D eigenvalue weighted by molar-refractivity contribution is -0.126. The molecule has 1 amide bonds. The molecule has 1 atom stereocenters. The van der Waals surface area contributed by atoms with Crippen molar-refractivity contribution in [3.8, 4) is 0 Å². The van der Waals surface area contributed by atoms with Gasteiger partial charge in [0.25, 0.3) is 0 Å². The van der Waals surface area contributed by atoms with Crippen molar-refractivity contribution in [2.75, 3.05) is 6.54 Å². The van der Waals surface area contributed by atoms with Crippen LogP contribution in [0.3, 0.4) is 0 Å². The summed E-state index contributed by atoms with van der Waals surface area (Å²) in [6, 6.07) is 10.2. The quantitative estimate of drug-likeness (QED) is 0.892. The Kier molecular flexibility index (Phi) is 5.83. The molecule has 1 aliphatic rings. The average molecular weight is 283 g/mol. The summed E-state index contributed by atoms with van der Waals surface area (Å²) in [7, 11) is 0. The third-order valence-corrected chi connectivity index (χ3v) is 3.89. The zero-order valence-electron chi connectivity index (χ0n) is 11.4. The minimum absolute atomic E-state index is 0. The Morgan fingerprint density at radius 3 is 2.47 bits per heavy atom. The van der Waals surface area contributed by atoms with Gasteiger partial charge in [0.15, 0.2) is 0 Å².